The molecule has 0 atom stereocenters. The summed E-state index contributed by atoms with van der Waals surface area (Å²) in [4.78, 5) is 0. The van der Waals surface area contributed by atoms with Crippen molar-refractivity contribution in [3.63, 3.8) is 0 Å². The van der Waals surface area contributed by atoms with Crippen LogP contribution in [0.3, 0.4) is 0 Å². The number of hydrogen-bond donors (Lipinski definition) is 0. The van der Waals surface area contributed by atoms with Gasteiger partial charge in [0.25, 0.3) is 0 Å². The zero-order chi connectivity index (χ0) is 8.59. The van der Waals surface area contributed by atoms with E-state index in [2.05, 4.69) is 0 Å². The van der Waals surface area contributed by atoms with E-state index in [-0.39, 0.29) is 5.82 Å². The third-order valence-electron chi connectivity index (χ3n) is 2.20. The molecule has 1 rings (SSSR count). The molecular weight excluding hydrogens is 138 g/mol. The molecule has 0 bridgehead atoms. The van der Waals surface area contributed by atoms with Crippen molar-refractivity contribution >= 4 is 13.3 Å². The molecule has 0 fully saturated rings. The summed E-state index contributed by atoms with van der Waals surface area (Å²) in [6, 6.07) is 1.37. The van der Waals surface area contributed by atoms with Crippen LogP contribution in [0.15, 0.2) is 6.07 Å². The van der Waals surface area contributed by atoms with Gasteiger partial charge in [-0.15, -0.1) is 0 Å². The summed E-state index contributed by atoms with van der Waals surface area (Å²) in [7, 11) is 5.55. The SMILES string of the molecule is [B]c1cc(F)c(C)c(C)c1C. The molecule has 1 aromatic carbocycles. The molecule has 0 spiro atoms. The van der Waals surface area contributed by atoms with Crippen LogP contribution in [-0.4, -0.2) is 7.85 Å². The lowest BCUT2D eigenvalue weighted by molar-refractivity contribution is 0.617. The highest BCUT2D eigenvalue weighted by Crippen LogP contribution is 2.12. The molecule has 56 valence electrons. The van der Waals surface area contributed by atoms with Crippen LogP contribution in [0, 0.1) is 26.6 Å². The second kappa shape index (κ2) is 2.69. The van der Waals surface area contributed by atoms with Crippen molar-refractivity contribution in [3.8, 4) is 0 Å². The molecule has 0 N–H and O–H groups in total. The topological polar surface area (TPSA) is 0 Å². The molecule has 0 aliphatic heterocycles. The molecule has 0 saturated carbocycles. The standard InChI is InChI=1S/C9H10BF/c1-5-6(2)8(10)4-9(11)7(5)3/h4H,1-3H3. The molecule has 0 aromatic heterocycles. The minimum Gasteiger partial charge on any atom is -0.207 e. The van der Waals surface area contributed by atoms with Crippen molar-refractivity contribution in [1.29, 1.82) is 0 Å². The van der Waals surface area contributed by atoms with E-state index < -0.39 is 0 Å². The van der Waals surface area contributed by atoms with Gasteiger partial charge in [-0.1, -0.05) is 11.0 Å². The Kier molecular flexibility index (Phi) is 2.03. The van der Waals surface area contributed by atoms with Gasteiger partial charge in [-0.05, 0) is 38.0 Å². The van der Waals surface area contributed by atoms with Gasteiger partial charge in [-0.2, -0.15) is 0 Å². The van der Waals surface area contributed by atoms with Crippen molar-refractivity contribution < 1.29 is 4.39 Å². The molecule has 0 heterocycles. The van der Waals surface area contributed by atoms with Gasteiger partial charge in [0.2, 0.25) is 0 Å². The molecule has 0 amide bonds. The minimum absolute atomic E-state index is 0.217. The Morgan fingerprint density at radius 1 is 1.09 bits per heavy atom. The Hall–Kier alpha value is -0.785. The van der Waals surface area contributed by atoms with Crippen LogP contribution >= 0.6 is 0 Å². The smallest absolute Gasteiger partial charge is 0.125 e. The highest BCUT2D eigenvalue weighted by molar-refractivity contribution is 6.33. The summed E-state index contributed by atoms with van der Waals surface area (Å²) in [6.07, 6.45) is 0. The Labute approximate surface area is 67.8 Å². The van der Waals surface area contributed by atoms with E-state index in [0.29, 0.717) is 11.0 Å². The molecule has 0 aliphatic rings. The average Bonchev–Trinajstić information content (AvgIpc) is 1.97. The second-order valence-electron chi connectivity index (χ2n) is 2.82. The first-order valence-corrected chi connectivity index (χ1v) is 3.56. The summed E-state index contributed by atoms with van der Waals surface area (Å²) in [5.41, 5.74) is 3.15. The zero-order valence-corrected chi connectivity index (χ0v) is 7.03. The lowest BCUT2D eigenvalue weighted by Crippen LogP contribution is -2.11. The highest BCUT2D eigenvalue weighted by Gasteiger charge is 2.04. The van der Waals surface area contributed by atoms with Crippen LogP contribution in [0.25, 0.3) is 0 Å². The first-order valence-electron chi connectivity index (χ1n) is 3.56. The van der Waals surface area contributed by atoms with E-state index in [4.69, 9.17) is 7.85 Å². The van der Waals surface area contributed by atoms with E-state index in [1.165, 1.54) is 6.07 Å². The molecule has 0 unspecified atom stereocenters. The maximum Gasteiger partial charge on any atom is 0.125 e. The molecular formula is C9H10BF. The van der Waals surface area contributed by atoms with Crippen molar-refractivity contribution in [2.75, 3.05) is 0 Å². The maximum atomic E-state index is 12.9. The van der Waals surface area contributed by atoms with E-state index in [1.807, 2.05) is 13.8 Å². The van der Waals surface area contributed by atoms with E-state index in [1.54, 1.807) is 6.92 Å². The first-order chi connectivity index (χ1) is 5.04. The molecule has 1 aromatic rings. The first kappa shape index (κ1) is 8.31. The molecule has 0 aliphatic carbocycles. The quantitative estimate of drug-likeness (QED) is 0.489. The van der Waals surface area contributed by atoms with Gasteiger partial charge in [0.1, 0.15) is 13.7 Å². The van der Waals surface area contributed by atoms with E-state index >= 15 is 0 Å². The van der Waals surface area contributed by atoms with Crippen molar-refractivity contribution in [3.05, 3.63) is 28.6 Å². The van der Waals surface area contributed by atoms with Crippen molar-refractivity contribution in [2.45, 2.75) is 20.8 Å². The predicted molar refractivity (Wildman–Crippen MR) is 46.0 cm³/mol. The second-order valence-corrected chi connectivity index (χ2v) is 2.82. The third kappa shape index (κ3) is 1.30. The lowest BCUT2D eigenvalue weighted by atomic mass is 9.87. The molecule has 0 nitrogen and oxygen atoms in total. The Balaban J connectivity index is 3.46. The minimum atomic E-state index is -0.217. The van der Waals surface area contributed by atoms with Gasteiger partial charge in [0, 0.05) is 0 Å². The molecule has 2 heteroatoms. The van der Waals surface area contributed by atoms with Gasteiger partial charge in [0.15, 0.2) is 0 Å². The number of benzene rings is 1. The highest BCUT2D eigenvalue weighted by atomic mass is 19.1. The van der Waals surface area contributed by atoms with Gasteiger partial charge in [0.05, 0.1) is 0 Å². The number of halogens is 1. The normalized spacial score (nSPS) is 10.2. The summed E-state index contributed by atoms with van der Waals surface area (Å²) in [5.74, 6) is -0.217. The Morgan fingerprint density at radius 3 is 2.18 bits per heavy atom. The third-order valence-corrected chi connectivity index (χ3v) is 2.20. The summed E-state index contributed by atoms with van der Waals surface area (Å²) < 4.78 is 12.9. The van der Waals surface area contributed by atoms with Crippen LogP contribution in [-0.2, 0) is 0 Å². The molecule has 2 radical (unpaired) electrons. The number of hydrogen-bond acceptors (Lipinski definition) is 0. The zero-order valence-electron chi connectivity index (χ0n) is 7.03. The van der Waals surface area contributed by atoms with Crippen LogP contribution in [0.4, 0.5) is 4.39 Å². The van der Waals surface area contributed by atoms with Crippen molar-refractivity contribution in [2.24, 2.45) is 0 Å². The van der Waals surface area contributed by atoms with Gasteiger partial charge in [-0.3, -0.25) is 0 Å². The fraction of sp³-hybridized carbons (Fsp3) is 0.333. The fourth-order valence-electron chi connectivity index (χ4n) is 1.03. The van der Waals surface area contributed by atoms with Gasteiger partial charge in [-0.25, -0.2) is 4.39 Å². The van der Waals surface area contributed by atoms with Crippen LogP contribution in [0.1, 0.15) is 16.7 Å². The van der Waals surface area contributed by atoms with Crippen LogP contribution in [0.5, 0.6) is 0 Å². The van der Waals surface area contributed by atoms with Crippen LogP contribution in [0.2, 0.25) is 0 Å². The molecule has 11 heavy (non-hydrogen) atoms. The summed E-state index contributed by atoms with van der Waals surface area (Å²) in [5, 5.41) is 0. The van der Waals surface area contributed by atoms with Crippen molar-refractivity contribution in [1.82, 2.24) is 0 Å². The predicted octanol–water partition coefficient (Wildman–Crippen LogP) is 1.54. The maximum absolute atomic E-state index is 12.9. The van der Waals surface area contributed by atoms with Gasteiger partial charge < -0.3 is 0 Å². The largest absolute Gasteiger partial charge is 0.207 e. The Morgan fingerprint density at radius 2 is 1.64 bits per heavy atom. The summed E-state index contributed by atoms with van der Waals surface area (Å²) >= 11 is 0. The average molecular weight is 148 g/mol. The summed E-state index contributed by atoms with van der Waals surface area (Å²) in [6.45, 7) is 5.54. The van der Waals surface area contributed by atoms with Crippen LogP contribution < -0.4 is 5.46 Å². The monoisotopic (exact) mass is 148 g/mol. The molecule has 0 saturated heterocycles. The van der Waals surface area contributed by atoms with E-state index in [9.17, 15) is 4.39 Å². The fourth-order valence-corrected chi connectivity index (χ4v) is 1.03. The lowest BCUT2D eigenvalue weighted by Gasteiger charge is -2.08. The van der Waals surface area contributed by atoms with E-state index in [0.717, 1.165) is 11.1 Å². The Bertz CT molecular complexity index is 266. The van der Waals surface area contributed by atoms with Gasteiger partial charge >= 0.3 is 0 Å². The number of rotatable bonds is 0.